The monoisotopic (exact) mass is 201 g/mol. The van der Waals surface area contributed by atoms with Gasteiger partial charge in [-0.1, -0.05) is 12.2 Å². The quantitative estimate of drug-likeness (QED) is 0.522. The molecule has 0 atom stereocenters. The normalized spacial score (nSPS) is 11.8. The van der Waals surface area contributed by atoms with Crippen LogP contribution in [0.2, 0.25) is 0 Å². The highest BCUT2D eigenvalue weighted by Crippen LogP contribution is 2.54. The number of nitrogens with zero attached hydrogens (tertiary/aromatic N) is 1. The molecule has 0 bridgehead atoms. The summed E-state index contributed by atoms with van der Waals surface area (Å²) in [6, 6.07) is 1.65. The summed E-state index contributed by atoms with van der Waals surface area (Å²) < 4.78 is 11.0. The lowest BCUT2D eigenvalue weighted by atomic mass is 10.0. The molecule has 4 nitrogen and oxygen atoms in total. The SMILES string of the molecule is C=CCC(C#N)(CC=C)P(=O)(O)O. The first-order chi connectivity index (χ1) is 5.93. The Kier molecular flexibility index (Phi) is 4.09. The highest BCUT2D eigenvalue weighted by atomic mass is 31.2. The van der Waals surface area contributed by atoms with Crippen LogP contribution in [-0.4, -0.2) is 14.9 Å². The predicted molar refractivity (Wildman–Crippen MR) is 50.0 cm³/mol. The Bertz CT molecular complexity index is 276. The van der Waals surface area contributed by atoms with Crippen molar-refractivity contribution in [1.82, 2.24) is 0 Å². The molecule has 0 saturated heterocycles. The first-order valence-corrected chi connectivity index (χ1v) is 5.23. The van der Waals surface area contributed by atoms with Crippen LogP contribution in [0.5, 0.6) is 0 Å². The van der Waals surface area contributed by atoms with Gasteiger partial charge < -0.3 is 9.79 Å². The van der Waals surface area contributed by atoms with Gasteiger partial charge in [0.05, 0.1) is 6.07 Å². The van der Waals surface area contributed by atoms with E-state index in [1.54, 1.807) is 6.07 Å². The molecule has 0 aliphatic rings. The first kappa shape index (κ1) is 12.1. The van der Waals surface area contributed by atoms with E-state index >= 15 is 0 Å². The molecule has 0 saturated carbocycles. The van der Waals surface area contributed by atoms with Crippen molar-refractivity contribution in [3.8, 4) is 6.07 Å². The van der Waals surface area contributed by atoms with Crippen LogP contribution in [0, 0.1) is 11.3 Å². The van der Waals surface area contributed by atoms with Crippen LogP contribution in [0.15, 0.2) is 25.3 Å². The molecular weight excluding hydrogens is 189 g/mol. The van der Waals surface area contributed by atoms with E-state index < -0.39 is 12.8 Å². The van der Waals surface area contributed by atoms with Gasteiger partial charge in [-0.05, 0) is 12.8 Å². The molecule has 0 heterocycles. The molecule has 2 N–H and O–H groups in total. The molecule has 0 spiro atoms. The van der Waals surface area contributed by atoms with Crippen molar-refractivity contribution in [2.45, 2.75) is 18.0 Å². The molecule has 5 heteroatoms. The van der Waals surface area contributed by atoms with Crippen LogP contribution in [0.1, 0.15) is 12.8 Å². The first-order valence-electron chi connectivity index (χ1n) is 3.62. The van der Waals surface area contributed by atoms with Gasteiger partial charge >= 0.3 is 7.60 Å². The third-order valence-corrected chi connectivity index (χ3v) is 3.31. The third-order valence-electron chi connectivity index (χ3n) is 1.73. The van der Waals surface area contributed by atoms with Gasteiger partial charge in [-0.15, -0.1) is 13.2 Å². The van der Waals surface area contributed by atoms with Gasteiger partial charge in [0.25, 0.3) is 0 Å². The highest BCUT2D eigenvalue weighted by Gasteiger charge is 2.45. The lowest BCUT2D eigenvalue weighted by Crippen LogP contribution is -2.25. The molecule has 0 unspecified atom stereocenters. The summed E-state index contributed by atoms with van der Waals surface area (Å²) in [6.07, 6.45) is 2.57. The van der Waals surface area contributed by atoms with E-state index in [0.717, 1.165) is 0 Å². The largest absolute Gasteiger partial charge is 0.346 e. The summed E-state index contributed by atoms with van der Waals surface area (Å²) >= 11 is 0. The Balaban J connectivity index is 5.11. The van der Waals surface area contributed by atoms with E-state index in [2.05, 4.69) is 13.2 Å². The van der Waals surface area contributed by atoms with Crippen molar-refractivity contribution in [3.05, 3.63) is 25.3 Å². The summed E-state index contributed by atoms with van der Waals surface area (Å²) in [5.74, 6) is 0. The zero-order chi connectivity index (χ0) is 10.5. The molecule has 0 aliphatic heterocycles. The summed E-state index contributed by atoms with van der Waals surface area (Å²) in [5.41, 5.74) is 0. The van der Waals surface area contributed by atoms with Crippen LogP contribution in [-0.2, 0) is 4.57 Å². The van der Waals surface area contributed by atoms with E-state index in [-0.39, 0.29) is 12.8 Å². The number of hydrogen-bond donors (Lipinski definition) is 2. The molecular formula is C8H12NO3P. The Hall–Kier alpha value is -0.880. The molecule has 0 aromatic heterocycles. The Morgan fingerprint density at radius 3 is 1.92 bits per heavy atom. The molecule has 0 amide bonds. The molecule has 13 heavy (non-hydrogen) atoms. The summed E-state index contributed by atoms with van der Waals surface area (Å²) in [5, 5.41) is 7.05. The molecule has 0 fully saturated rings. The Morgan fingerprint density at radius 2 is 1.77 bits per heavy atom. The Morgan fingerprint density at radius 1 is 1.38 bits per heavy atom. The summed E-state index contributed by atoms with van der Waals surface area (Å²) in [6.45, 7) is 6.72. The van der Waals surface area contributed by atoms with Gasteiger partial charge in [-0.3, -0.25) is 4.57 Å². The zero-order valence-electron chi connectivity index (χ0n) is 7.18. The van der Waals surface area contributed by atoms with Crippen LogP contribution in [0.4, 0.5) is 0 Å². The molecule has 72 valence electrons. The summed E-state index contributed by atoms with van der Waals surface area (Å²) in [4.78, 5) is 18.0. The minimum Gasteiger partial charge on any atom is -0.323 e. The highest BCUT2D eigenvalue weighted by molar-refractivity contribution is 7.54. The van der Waals surface area contributed by atoms with E-state index in [1.165, 1.54) is 12.2 Å². The second-order valence-electron chi connectivity index (χ2n) is 2.67. The fraction of sp³-hybridized carbons (Fsp3) is 0.375. The average Bonchev–Trinajstić information content (AvgIpc) is 2.02. The maximum absolute atomic E-state index is 11.0. The average molecular weight is 201 g/mol. The molecule has 0 aromatic rings. The second-order valence-corrected chi connectivity index (χ2v) is 4.62. The van der Waals surface area contributed by atoms with Crippen LogP contribution < -0.4 is 0 Å². The molecule has 0 aliphatic carbocycles. The lowest BCUT2D eigenvalue weighted by molar-refractivity contribution is 0.342. The van der Waals surface area contributed by atoms with Crippen molar-refractivity contribution in [1.29, 1.82) is 5.26 Å². The fourth-order valence-corrected chi connectivity index (χ4v) is 1.82. The van der Waals surface area contributed by atoms with Gasteiger partial charge in [0.15, 0.2) is 5.16 Å². The number of nitriles is 1. The van der Waals surface area contributed by atoms with Gasteiger partial charge in [-0.2, -0.15) is 5.26 Å². The third kappa shape index (κ3) is 2.53. The Labute approximate surface area is 77.4 Å². The van der Waals surface area contributed by atoms with Crippen molar-refractivity contribution in [2.24, 2.45) is 0 Å². The standard InChI is InChI=1S/C8H12NO3P/c1-3-5-8(7-9,6-4-2)13(10,11)12/h3-4H,1-2,5-6H2,(H2,10,11,12). The van der Waals surface area contributed by atoms with Crippen LogP contribution in [0.3, 0.4) is 0 Å². The zero-order valence-corrected chi connectivity index (χ0v) is 8.07. The topological polar surface area (TPSA) is 81.3 Å². The summed E-state index contributed by atoms with van der Waals surface area (Å²) in [7, 11) is -4.44. The maximum atomic E-state index is 11.0. The van der Waals surface area contributed by atoms with E-state index in [0.29, 0.717) is 0 Å². The maximum Gasteiger partial charge on any atom is 0.346 e. The fourth-order valence-electron chi connectivity index (χ4n) is 0.955. The minimum absolute atomic E-state index is 0.0419. The van der Waals surface area contributed by atoms with Gasteiger partial charge in [0.2, 0.25) is 0 Å². The van der Waals surface area contributed by atoms with Crippen molar-refractivity contribution in [2.75, 3.05) is 0 Å². The van der Waals surface area contributed by atoms with Crippen molar-refractivity contribution >= 4 is 7.60 Å². The van der Waals surface area contributed by atoms with Crippen molar-refractivity contribution in [3.63, 3.8) is 0 Å². The lowest BCUT2D eigenvalue weighted by Gasteiger charge is -2.24. The van der Waals surface area contributed by atoms with E-state index in [4.69, 9.17) is 15.0 Å². The predicted octanol–water partition coefficient (Wildman–Crippen LogP) is 1.58. The van der Waals surface area contributed by atoms with Gasteiger partial charge in [0.1, 0.15) is 0 Å². The minimum atomic E-state index is -4.44. The van der Waals surface area contributed by atoms with Crippen LogP contribution >= 0.6 is 7.60 Å². The van der Waals surface area contributed by atoms with E-state index in [9.17, 15) is 4.57 Å². The van der Waals surface area contributed by atoms with E-state index in [1.807, 2.05) is 0 Å². The molecule has 0 radical (unpaired) electrons. The van der Waals surface area contributed by atoms with Crippen LogP contribution in [0.25, 0.3) is 0 Å². The number of allylic oxidation sites excluding steroid dienone is 2. The number of hydrogen-bond acceptors (Lipinski definition) is 2. The smallest absolute Gasteiger partial charge is 0.323 e. The molecule has 0 rings (SSSR count). The van der Waals surface area contributed by atoms with Gasteiger partial charge in [0, 0.05) is 0 Å². The second kappa shape index (κ2) is 4.38. The molecule has 0 aromatic carbocycles. The van der Waals surface area contributed by atoms with Crippen molar-refractivity contribution < 1.29 is 14.4 Å². The number of rotatable bonds is 5. The van der Waals surface area contributed by atoms with Gasteiger partial charge in [-0.25, -0.2) is 0 Å².